The van der Waals surface area contributed by atoms with E-state index in [2.05, 4.69) is 0 Å². The number of carbonyl (C=O) groups is 1. The maximum absolute atomic E-state index is 10.8. The first-order valence-corrected chi connectivity index (χ1v) is 4.11. The topological polar surface area (TPSA) is 49.3 Å². The fourth-order valence-electron chi connectivity index (χ4n) is 0.555. The van der Waals surface area contributed by atoms with Gasteiger partial charge in [0.05, 0.1) is 9.90 Å². The second-order valence-electron chi connectivity index (χ2n) is 1.68. The predicted molar refractivity (Wildman–Crippen MR) is 43.6 cm³/mol. The number of carbonyl (C=O) groups excluding carboxylic acids is 1. The molecule has 60 valence electrons. The molecule has 1 amide bonds. The van der Waals surface area contributed by atoms with Crippen molar-refractivity contribution in [3.8, 4) is 0 Å². The summed E-state index contributed by atoms with van der Waals surface area (Å²) >= 11 is 12.2. The van der Waals surface area contributed by atoms with Crippen molar-refractivity contribution in [2.45, 2.75) is 0 Å². The Morgan fingerprint density at radius 1 is 1.64 bits per heavy atom. The van der Waals surface area contributed by atoms with E-state index in [1.807, 2.05) is 0 Å². The van der Waals surface area contributed by atoms with Crippen LogP contribution in [0.4, 0.5) is 0 Å². The summed E-state index contributed by atoms with van der Waals surface area (Å²) in [6.45, 7) is 0. The van der Waals surface area contributed by atoms with Gasteiger partial charge in [-0.05, 0) is 6.07 Å². The Bertz CT molecular complexity index is 286. The molecule has 0 fully saturated rings. The van der Waals surface area contributed by atoms with Gasteiger partial charge in [-0.1, -0.05) is 23.2 Å². The Hall–Kier alpha value is -0.290. The number of thiophene rings is 1. The normalized spacial score (nSPS) is 9.73. The molecule has 1 aromatic rings. The van der Waals surface area contributed by atoms with Crippen LogP contribution in [0.1, 0.15) is 10.4 Å². The van der Waals surface area contributed by atoms with E-state index in [0.717, 1.165) is 11.3 Å². The summed E-state index contributed by atoms with van der Waals surface area (Å²) in [5, 5.41) is 8.23. The molecule has 0 radical (unpaired) electrons. The van der Waals surface area contributed by atoms with Gasteiger partial charge in [0.2, 0.25) is 0 Å². The Morgan fingerprint density at radius 2 is 2.27 bits per heavy atom. The molecule has 0 aromatic carbocycles. The van der Waals surface area contributed by atoms with E-state index in [-0.39, 0.29) is 9.90 Å². The molecule has 6 heteroatoms. The summed E-state index contributed by atoms with van der Waals surface area (Å²) in [6.07, 6.45) is 0. The van der Waals surface area contributed by atoms with Crippen molar-refractivity contribution in [3.63, 3.8) is 0 Å². The Morgan fingerprint density at radius 3 is 2.64 bits per heavy atom. The van der Waals surface area contributed by atoms with Crippen LogP contribution in [0.3, 0.4) is 0 Å². The average Bonchev–Trinajstić information content (AvgIpc) is 2.28. The zero-order chi connectivity index (χ0) is 8.43. The first-order chi connectivity index (χ1) is 5.15. The van der Waals surface area contributed by atoms with Crippen molar-refractivity contribution in [3.05, 3.63) is 20.3 Å². The van der Waals surface area contributed by atoms with Gasteiger partial charge in [0.1, 0.15) is 4.34 Å². The highest BCUT2D eigenvalue weighted by Gasteiger charge is 2.12. The largest absolute Gasteiger partial charge is 0.288 e. The fraction of sp³-hybridized carbons (Fsp3) is 0. The third-order valence-corrected chi connectivity index (χ3v) is 2.49. The lowest BCUT2D eigenvalue weighted by molar-refractivity contribution is 0.0707. The number of rotatable bonds is 1. The third kappa shape index (κ3) is 1.84. The van der Waals surface area contributed by atoms with Crippen LogP contribution < -0.4 is 5.48 Å². The van der Waals surface area contributed by atoms with Crippen LogP contribution in [0.2, 0.25) is 8.67 Å². The standard InChI is InChI=1S/C5H3Cl2NO2S/c6-3-1-2(4(7)11-3)5(9)8-10/h1,10H,(H,8,9). The lowest BCUT2D eigenvalue weighted by Crippen LogP contribution is -2.17. The van der Waals surface area contributed by atoms with Crippen molar-refractivity contribution in [2.24, 2.45) is 0 Å². The molecule has 2 N–H and O–H groups in total. The lowest BCUT2D eigenvalue weighted by atomic mass is 10.3. The second kappa shape index (κ2) is 3.40. The first-order valence-electron chi connectivity index (χ1n) is 2.54. The monoisotopic (exact) mass is 211 g/mol. The van der Waals surface area contributed by atoms with Gasteiger partial charge in [-0.15, -0.1) is 11.3 Å². The maximum Gasteiger partial charge on any atom is 0.277 e. The molecule has 11 heavy (non-hydrogen) atoms. The Balaban J connectivity index is 3.03. The summed E-state index contributed by atoms with van der Waals surface area (Å²) < 4.78 is 0.676. The van der Waals surface area contributed by atoms with Gasteiger partial charge in [-0.25, -0.2) is 5.48 Å². The fourth-order valence-corrected chi connectivity index (χ4v) is 2.01. The Kier molecular flexibility index (Phi) is 2.72. The van der Waals surface area contributed by atoms with Crippen LogP contribution >= 0.6 is 34.5 Å². The van der Waals surface area contributed by atoms with E-state index in [1.54, 1.807) is 0 Å². The smallest absolute Gasteiger partial charge is 0.277 e. The number of hydrogen-bond acceptors (Lipinski definition) is 3. The molecule has 0 aliphatic heterocycles. The van der Waals surface area contributed by atoms with E-state index in [4.69, 9.17) is 28.4 Å². The number of halogens is 2. The minimum atomic E-state index is -0.654. The Labute approximate surface area is 76.5 Å². The van der Waals surface area contributed by atoms with Crippen LogP contribution in [0.25, 0.3) is 0 Å². The highest BCUT2D eigenvalue weighted by atomic mass is 35.5. The van der Waals surface area contributed by atoms with Gasteiger partial charge in [0, 0.05) is 0 Å². The van der Waals surface area contributed by atoms with Crippen molar-refractivity contribution in [2.75, 3.05) is 0 Å². The van der Waals surface area contributed by atoms with Gasteiger partial charge in [0.15, 0.2) is 0 Å². The van der Waals surface area contributed by atoms with Gasteiger partial charge in [-0.3, -0.25) is 10.0 Å². The molecular formula is C5H3Cl2NO2S. The average molecular weight is 212 g/mol. The molecule has 3 nitrogen and oxygen atoms in total. The van der Waals surface area contributed by atoms with Crippen LogP contribution in [0, 0.1) is 0 Å². The SMILES string of the molecule is O=C(NO)c1cc(Cl)sc1Cl. The predicted octanol–water partition coefficient (Wildman–Crippen LogP) is 2.17. The van der Waals surface area contributed by atoms with Gasteiger partial charge in [-0.2, -0.15) is 0 Å². The van der Waals surface area contributed by atoms with E-state index in [9.17, 15) is 4.79 Å². The van der Waals surface area contributed by atoms with E-state index < -0.39 is 5.91 Å². The van der Waals surface area contributed by atoms with E-state index in [0.29, 0.717) is 4.34 Å². The molecule has 0 saturated heterocycles. The zero-order valence-electron chi connectivity index (χ0n) is 5.10. The summed E-state index contributed by atoms with van der Waals surface area (Å²) in [5.74, 6) is -0.654. The van der Waals surface area contributed by atoms with Gasteiger partial charge >= 0.3 is 0 Å². The zero-order valence-corrected chi connectivity index (χ0v) is 7.43. The number of hydrogen-bond donors (Lipinski definition) is 2. The second-order valence-corrected chi connectivity index (χ2v) is 3.96. The van der Waals surface area contributed by atoms with E-state index in [1.165, 1.54) is 11.5 Å². The van der Waals surface area contributed by atoms with Crippen molar-refractivity contribution < 1.29 is 10.0 Å². The van der Waals surface area contributed by atoms with Gasteiger partial charge in [0.25, 0.3) is 5.91 Å². The molecule has 1 heterocycles. The molecule has 0 aliphatic carbocycles. The molecule has 1 aromatic heterocycles. The lowest BCUT2D eigenvalue weighted by Gasteiger charge is -1.92. The van der Waals surface area contributed by atoms with Crippen LogP contribution in [-0.4, -0.2) is 11.1 Å². The van der Waals surface area contributed by atoms with Gasteiger partial charge < -0.3 is 0 Å². The molecule has 0 saturated carbocycles. The molecular weight excluding hydrogens is 209 g/mol. The minimum Gasteiger partial charge on any atom is -0.288 e. The molecule has 0 atom stereocenters. The summed E-state index contributed by atoms with van der Waals surface area (Å²) in [4.78, 5) is 10.8. The summed E-state index contributed by atoms with van der Waals surface area (Å²) in [7, 11) is 0. The maximum atomic E-state index is 10.8. The number of nitrogens with one attached hydrogen (secondary N) is 1. The molecule has 1 rings (SSSR count). The highest BCUT2D eigenvalue weighted by molar-refractivity contribution is 7.20. The van der Waals surface area contributed by atoms with Crippen molar-refractivity contribution in [1.82, 2.24) is 5.48 Å². The quantitative estimate of drug-likeness (QED) is 0.553. The number of hydroxylamine groups is 1. The minimum absolute atomic E-state index is 0.184. The van der Waals surface area contributed by atoms with Crippen molar-refractivity contribution in [1.29, 1.82) is 0 Å². The summed E-state index contributed by atoms with van der Waals surface area (Å²) in [6, 6.07) is 1.39. The van der Waals surface area contributed by atoms with Crippen LogP contribution in [0.5, 0.6) is 0 Å². The molecule has 0 aliphatic rings. The molecule has 0 bridgehead atoms. The van der Waals surface area contributed by atoms with Crippen molar-refractivity contribution >= 4 is 40.4 Å². The molecule has 0 spiro atoms. The molecule has 0 unspecified atom stereocenters. The van der Waals surface area contributed by atoms with Crippen LogP contribution in [-0.2, 0) is 0 Å². The van der Waals surface area contributed by atoms with Crippen LogP contribution in [0.15, 0.2) is 6.07 Å². The first kappa shape index (κ1) is 8.80. The number of amides is 1. The highest BCUT2D eigenvalue weighted by Crippen LogP contribution is 2.30. The third-order valence-electron chi connectivity index (χ3n) is 1.00. The summed E-state index contributed by atoms with van der Waals surface area (Å²) in [5.41, 5.74) is 1.64. The van der Waals surface area contributed by atoms with E-state index >= 15 is 0 Å².